The Labute approximate surface area is 136 Å². The van der Waals surface area contributed by atoms with Crippen molar-refractivity contribution in [1.29, 1.82) is 0 Å². The first-order valence-corrected chi connectivity index (χ1v) is 8.06. The van der Waals surface area contributed by atoms with Crippen LogP contribution in [0.2, 0.25) is 0 Å². The number of rotatable bonds is 5. The quantitative estimate of drug-likeness (QED) is 0.918. The zero-order valence-corrected chi connectivity index (χ0v) is 13.7. The van der Waals surface area contributed by atoms with Crippen LogP contribution in [0.15, 0.2) is 18.2 Å². The van der Waals surface area contributed by atoms with Gasteiger partial charge in [-0.25, -0.2) is 4.68 Å². The number of aromatic nitrogens is 3. The van der Waals surface area contributed by atoms with Gasteiger partial charge in [-0.1, -0.05) is 24.5 Å². The van der Waals surface area contributed by atoms with Gasteiger partial charge < -0.3 is 14.6 Å². The first-order valence-electron chi connectivity index (χ1n) is 8.06. The van der Waals surface area contributed by atoms with E-state index in [4.69, 9.17) is 9.47 Å². The molecule has 6 nitrogen and oxygen atoms in total. The van der Waals surface area contributed by atoms with Gasteiger partial charge in [-0.05, 0) is 25.0 Å². The second-order valence-electron chi connectivity index (χ2n) is 5.86. The SMILES string of the molecule is COc1ccc(-n2nnc(CO)c2C2CCCCC2)c(OC)c1. The molecule has 2 aromatic rings. The Balaban J connectivity index is 2.07. The van der Waals surface area contributed by atoms with Crippen LogP contribution < -0.4 is 9.47 Å². The van der Waals surface area contributed by atoms with E-state index in [2.05, 4.69) is 10.3 Å². The number of aliphatic hydroxyl groups is 1. The lowest BCUT2D eigenvalue weighted by atomic mass is 9.86. The molecule has 3 rings (SSSR count). The van der Waals surface area contributed by atoms with Crippen molar-refractivity contribution in [2.75, 3.05) is 14.2 Å². The van der Waals surface area contributed by atoms with Gasteiger partial charge in [0.15, 0.2) is 0 Å². The summed E-state index contributed by atoms with van der Waals surface area (Å²) in [5, 5.41) is 18.1. The van der Waals surface area contributed by atoms with Crippen molar-refractivity contribution in [2.45, 2.75) is 44.6 Å². The molecule has 0 radical (unpaired) electrons. The van der Waals surface area contributed by atoms with Crippen LogP contribution in [0.25, 0.3) is 5.69 Å². The molecule has 0 saturated heterocycles. The van der Waals surface area contributed by atoms with Crippen LogP contribution in [0.4, 0.5) is 0 Å². The summed E-state index contributed by atoms with van der Waals surface area (Å²) in [6, 6.07) is 5.63. The number of hydrogen-bond donors (Lipinski definition) is 1. The first-order chi connectivity index (χ1) is 11.3. The molecule has 1 aromatic carbocycles. The molecule has 1 N–H and O–H groups in total. The average molecular weight is 317 g/mol. The highest BCUT2D eigenvalue weighted by molar-refractivity contribution is 5.51. The molecule has 0 bridgehead atoms. The molecule has 1 saturated carbocycles. The summed E-state index contributed by atoms with van der Waals surface area (Å²) in [4.78, 5) is 0. The molecule has 23 heavy (non-hydrogen) atoms. The van der Waals surface area contributed by atoms with Gasteiger partial charge in [-0.2, -0.15) is 0 Å². The lowest BCUT2D eigenvalue weighted by Crippen LogP contribution is -2.13. The highest BCUT2D eigenvalue weighted by atomic mass is 16.5. The van der Waals surface area contributed by atoms with E-state index < -0.39 is 0 Å². The normalized spacial score (nSPS) is 15.6. The standard InChI is InChI=1S/C17H23N3O3/c1-22-13-8-9-15(16(10-13)23-2)20-17(14(11-21)18-19-20)12-6-4-3-5-7-12/h8-10,12,21H,3-7,11H2,1-2H3. The molecule has 1 heterocycles. The third-order valence-corrected chi connectivity index (χ3v) is 4.54. The molecule has 0 atom stereocenters. The summed E-state index contributed by atoms with van der Waals surface area (Å²) < 4.78 is 12.6. The van der Waals surface area contributed by atoms with Gasteiger partial charge in [0.2, 0.25) is 0 Å². The molecule has 0 unspecified atom stereocenters. The fourth-order valence-corrected chi connectivity index (χ4v) is 3.36. The number of benzene rings is 1. The largest absolute Gasteiger partial charge is 0.497 e. The van der Waals surface area contributed by atoms with Crippen LogP contribution in [0.1, 0.15) is 49.4 Å². The molecule has 0 spiro atoms. The minimum absolute atomic E-state index is 0.0930. The summed E-state index contributed by atoms with van der Waals surface area (Å²) in [6.07, 6.45) is 5.91. The Morgan fingerprint density at radius 2 is 1.96 bits per heavy atom. The Morgan fingerprint density at radius 1 is 1.17 bits per heavy atom. The lowest BCUT2D eigenvalue weighted by molar-refractivity contribution is 0.273. The van der Waals surface area contributed by atoms with Gasteiger partial charge in [0, 0.05) is 12.0 Å². The second kappa shape index (κ2) is 7.00. The van der Waals surface area contributed by atoms with Crippen molar-refractivity contribution in [1.82, 2.24) is 15.0 Å². The maximum absolute atomic E-state index is 9.65. The van der Waals surface area contributed by atoms with E-state index in [0.29, 0.717) is 17.4 Å². The fourth-order valence-electron chi connectivity index (χ4n) is 3.36. The topological polar surface area (TPSA) is 69.4 Å². The molecule has 1 aliphatic rings. The third kappa shape index (κ3) is 3.03. The van der Waals surface area contributed by atoms with Gasteiger partial charge in [0.1, 0.15) is 22.9 Å². The van der Waals surface area contributed by atoms with E-state index in [1.54, 1.807) is 14.2 Å². The number of nitrogens with zero attached hydrogens (tertiary/aromatic N) is 3. The molecule has 6 heteroatoms. The highest BCUT2D eigenvalue weighted by Gasteiger charge is 2.26. The zero-order valence-electron chi connectivity index (χ0n) is 13.7. The molecule has 1 aromatic heterocycles. The number of methoxy groups -OCH3 is 2. The first kappa shape index (κ1) is 15.8. The maximum atomic E-state index is 9.65. The Hall–Kier alpha value is -2.08. The van der Waals surface area contributed by atoms with Crippen molar-refractivity contribution in [3.05, 3.63) is 29.6 Å². The zero-order chi connectivity index (χ0) is 16.2. The Morgan fingerprint density at radius 3 is 2.61 bits per heavy atom. The minimum Gasteiger partial charge on any atom is -0.497 e. The monoisotopic (exact) mass is 317 g/mol. The lowest BCUT2D eigenvalue weighted by Gasteiger charge is -2.23. The predicted octanol–water partition coefficient (Wildman–Crippen LogP) is 2.82. The van der Waals surface area contributed by atoms with Crippen molar-refractivity contribution in [2.24, 2.45) is 0 Å². The molecular formula is C17H23N3O3. The van der Waals surface area contributed by atoms with Gasteiger partial charge >= 0.3 is 0 Å². The van der Waals surface area contributed by atoms with Gasteiger partial charge in [0.25, 0.3) is 0 Å². The third-order valence-electron chi connectivity index (χ3n) is 4.54. The molecule has 1 fully saturated rings. The van der Waals surface area contributed by atoms with Crippen molar-refractivity contribution in [3.63, 3.8) is 0 Å². The van der Waals surface area contributed by atoms with E-state index in [1.165, 1.54) is 19.3 Å². The van der Waals surface area contributed by atoms with E-state index in [-0.39, 0.29) is 6.61 Å². The number of ether oxygens (including phenoxy) is 2. The predicted molar refractivity (Wildman–Crippen MR) is 86.2 cm³/mol. The van der Waals surface area contributed by atoms with Crippen LogP contribution in [-0.2, 0) is 6.61 Å². The summed E-state index contributed by atoms with van der Waals surface area (Å²) in [7, 11) is 3.25. The van der Waals surface area contributed by atoms with E-state index in [9.17, 15) is 5.11 Å². The fraction of sp³-hybridized carbons (Fsp3) is 0.529. The van der Waals surface area contributed by atoms with Crippen LogP contribution in [-0.4, -0.2) is 34.3 Å². The smallest absolute Gasteiger partial charge is 0.148 e. The number of aliphatic hydroxyl groups excluding tert-OH is 1. The molecule has 124 valence electrons. The van der Waals surface area contributed by atoms with E-state index in [1.807, 2.05) is 22.9 Å². The van der Waals surface area contributed by atoms with Crippen molar-refractivity contribution < 1.29 is 14.6 Å². The Bertz CT molecular complexity index is 663. The second-order valence-corrected chi connectivity index (χ2v) is 5.86. The van der Waals surface area contributed by atoms with Gasteiger partial charge in [-0.15, -0.1) is 5.10 Å². The van der Waals surface area contributed by atoms with Crippen molar-refractivity contribution >= 4 is 0 Å². The number of hydrogen-bond acceptors (Lipinski definition) is 5. The molecule has 1 aliphatic carbocycles. The van der Waals surface area contributed by atoms with E-state index in [0.717, 1.165) is 30.0 Å². The van der Waals surface area contributed by atoms with E-state index >= 15 is 0 Å². The summed E-state index contributed by atoms with van der Waals surface area (Å²) in [5.41, 5.74) is 2.49. The molecular weight excluding hydrogens is 294 g/mol. The van der Waals surface area contributed by atoms with Crippen LogP contribution in [0.3, 0.4) is 0 Å². The van der Waals surface area contributed by atoms with Crippen LogP contribution >= 0.6 is 0 Å². The van der Waals surface area contributed by atoms with Crippen LogP contribution in [0, 0.1) is 0 Å². The average Bonchev–Trinajstić information content (AvgIpc) is 3.05. The highest BCUT2D eigenvalue weighted by Crippen LogP contribution is 2.37. The van der Waals surface area contributed by atoms with Gasteiger partial charge in [0.05, 0.1) is 26.5 Å². The molecule has 0 amide bonds. The molecule has 0 aliphatic heterocycles. The maximum Gasteiger partial charge on any atom is 0.148 e. The summed E-state index contributed by atoms with van der Waals surface area (Å²) >= 11 is 0. The summed E-state index contributed by atoms with van der Waals surface area (Å²) in [5.74, 6) is 1.79. The van der Waals surface area contributed by atoms with Crippen LogP contribution in [0.5, 0.6) is 11.5 Å². The minimum atomic E-state index is -0.0930. The Kier molecular flexibility index (Phi) is 4.81. The van der Waals surface area contributed by atoms with Gasteiger partial charge in [-0.3, -0.25) is 0 Å². The summed E-state index contributed by atoms with van der Waals surface area (Å²) in [6.45, 7) is -0.0930. The van der Waals surface area contributed by atoms with Crippen molar-refractivity contribution in [3.8, 4) is 17.2 Å².